The van der Waals surface area contributed by atoms with Crippen molar-refractivity contribution in [3.8, 4) is 6.07 Å². The molecule has 1 heterocycles. The fraction of sp³-hybridized carbons (Fsp3) is 0.312. The summed E-state index contributed by atoms with van der Waals surface area (Å²) in [5.74, 6) is 0. The highest BCUT2D eigenvalue weighted by molar-refractivity contribution is 5.83. The number of nitriles is 1. The maximum Gasteiger partial charge on any atom is 0.123 e. The zero-order valence-corrected chi connectivity index (χ0v) is 10.3. The minimum atomic E-state index is -0.0860. The second kappa shape index (κ2) is 4.80. The topological polar surface area (TPSA) is 27.0 Å². The van der Waals surface area contributed by atoms with Gasteiger partial charge >= 0.3 is 0 Å². The van der Waals surface area contributed by atoms with Crippen LogP contribution < -0.4 is 0 Å². The van der Waals surface area contributed by atoms with Crippen LogP contribution in [0.3, 0.4) is 0 Å². The van der Waals surface area contributed by atoms with Gasteiger partial charge in [0.05, 0.1) is 6.07 Å². The first-order valence-electron chi connectivity index (χ1n) is 6.51. The molecular formula is C16H16N2. The highest BCUT2D eigenvalue weighted by atomic mass is 15.2. The molecule has 0 spiro atoms. The second-order valence-corrected chi connectivity index (χ2v) is 4.88. The molecule has 1 aliphatic heterocycles. The summed E-state index contributed by atoms with van der Waals surface area (Å²) in [6, 6.07) is 17.0. The lowest BCUT2D eigenvalue weighted by Crippen LogP contribution is -2.24. The molecule has 90 valence electrons. The molecule has 0 aromatic heterocycles. The van der Waals surface area contributed by atoms with Crippen LogP contribution in [-0.2, 0) is 0 Å². The molecule has 3 rings (SSSR count). The monoisotopic (exact) mass is 236 g/mol. The summed E-state index contributed by atoms with van der Waals surface area (Å²) in [4.78, 5) is 2.28. The Morgan fingerprint density at radius 1 is 1.00 bits per heavy atom. The maximum absolute atomic E-state index is 9.42. The van der Waals surface area contributed by atoms with Crippen LogP contribution in [0.5, 0.6) is 0 Å². The van der Waals surface area contributed by atoms with Gasteiger partial charge < -0.3 is 0 Å². The van der Waals surface area contributed by atoms with Gasteiger partial charge in [0.25, 0.3) is 0 Å². The predicted octanol–water partition coefficient (Wildman–Crippen LogP) is 3.50. The molecule has 2 aromatic carbocycles. The standard InChI is InChI=1S/C16H16N2/c17-12-16(18-9-3-4-10-18)15-8-7-13-5-1-2-6-14(13)11-15/h1-2,5-8,11,16H,3-4,9-10H2. The summed E-state index contributed by atoms with van der Waals surface area (Å²) in [6.07, 6.45) is 2.43. The van der Waals surface area contributed by atoms with Crippen molar-refractivity contribution in [1.29, 1.82) is 5.26 Å². The third-order valence-electron chi connectivity index (χ3n) is 3.72. The Balaban J connectivity index is 1.99. The van der Waals surface area contributed by atoms with E-state index in [2.05, 4.69) is 41.3 Å². The fourth-order valence-electron chi connectivity index (χ4n) is 2.74. The van der Waals surface area contributed by atoms with Gasteiger partial charge in [-0.25, -0.2) is 0 Å². The first-order valence-corrected chi connectivity index (χ1v) is 6.51. The molecule has 0 aliphatic carbocycles. The summed E-state index contributed by atoms with van der Waals surface area (Å²) in [6.45, 7) is 2.09. The summed E-state index contributed by atoms with van der Waals surface area (Å²) in [5, 5.41) is 11.9. The fourth-order valence-corrected chi connectivity index (χ4v) is 2.74. The lowest BCUT2D eigenvalue weighted by atomic mass is 10.0. The van der Waals surface area contributed by atoms with Gasteiger partial charge in [0.15, 0.2) is 0 Å². The Labute approximate surface area is 107 Å². The molecule has 1 atom stereocenters. The minimum absolute atomic E-state index is 0.0860. The Morgan fingerprint density at radius 3 is 2.44 bits per heavy atom. The Bertz CT molecular complexity index is 591. The smallest absolute Gasteiger partial charge is 0.123 e. The Hall–Kier alpha value is -1.85. The Kier molecular flexibility index (Phi) is 3.00. The highest BCUT2D eigenvalue weighted by Gasteiger charge is 2.22. The molecule has 0 N–H and O–H groups in total. The van der Waals surface area contributed by atoms with Crippen LogP contribution in [-0.4, -0.2) is 18.0 Å². The lowest BCUT2D eigenvalue weighted by molar-refractivity contribution is 0.294. The van der Waals surface area contributed by atoms with Gasteiger partial charge in [-0.15, -0.1) is 0 Å². The molecule has 0 amide bonds. The molecule has 2 nitrogen and oxygen atoms in total. The lowest BCUT2D eigenvalue weighted by Gasteiger charge is -2.21. The van der Waals surface area contributed by atoms with Gasteiger partial charge in [0.2, 0.25) is 0 Å². The molecule has 1 fully saturated rings. The van der Waals surface area contributed by atoms with Crippen LogP contribution in [0.4, 0.5) is 0 Å². The van der Waals surface area contributed by atoms with Crippen molar-refractivity contribution < 1.29 is 0 Å². The summed E-state index contributed by atoms with van der Waals surface area (Å²) < 4.78 is 0. The molecule has 0 bridgehead atoms. The van der Waals surface area contributed by atoms with Crippen molar-refractivity contribution in [3.63, 3.8) is 0 Å². The van der Waals surface area contributed by atoms with E-state index in [0.29, 0.717) is 0 Å². The molecule has 0 saturated carbocycles. The summed E-state index contributed by atoms with van der Waals surface area (Å²) in [5.41, 5.74) is 1.12. The van der Waals surface area contributed by atoms with Gasteiger partial charge in [-0.05, 0) is 48.3 Å². The number of hydrogen-bond donors (Lipinski definition) is 0. The van der Waals surface area contributed by atoms with Crippen molar-refractivity contribution >= 4 is 10.8 Å². The number of hydrogen-bond acceptors (Lipinski definition) is 2. The van der Waals surface area contributed by atoms with E-state index in [9.17, 15) is 5.26 Å². The van der Waals surface area contributed by atoms with Crippen LogP contribution in [0.25, 0.3) is 10.8 Å². The van der Waals surface area contributed by atoms with Gasteiger partial charge in [-0.2, -0.15) is 5.26 Å². The van der Waals surface area contributed by atoms with Gasteiger partial charge in [0.1, 0.15) is 6.04 Å². The van der Waals surface area contributed by atoms with E-state index in [1.54, 1.807) is 0 Å². The normalized spacial score (nSPS) is 17.7. The molecule has 1 saturated heterocycles. The van der Waals surface area contributed by atoms with E-state index in [1.807, 2.05) is 12.1 Å². The highest BCUT2D eigenvalue weighted by Crippen LogP contribution is 2.27. The zero-order valence-electron chi connectivity index (χ0n) is 10.3. The van der Waals surface area contributed by atoms with E-state index >= 15 is 0 Å². The SMILES string of the molecule is N#CC(c1ccc2ccccc2c1)N1CCCC1. The number of likely N-dealkylation sites (tertiary alicyclic amines) is 1. The van der Waals surface area contributed by atoms with E-state index < -0.39 is 0 Å². The molecular weight excluding hydrogens is 220 g/mol. The minimum Gasteiger partial charge on any atom is -0.284 e. The van der Waals surface area contributed by atoms with E-state index in [-0.39, 0.29) is 6.04 Å². The molecule has 0 radical (unpaired) electrons. The van der Waals surface area contributed by atoms with Crippen molar-refractivity contribution in [2.75, 3.05) is 13.1 Å². The molecule has 1 aliphatic rings. The van der Waals surface area contributed by atoms with Crippen LogP contribution in [0.15, 0.2) is 42.5 Å². The van der Waals surface area contributed by atoms with Crippen LogP contribution in [0, 0.1) is 11.3 Å². The van der Waals surface area contributed by atoms with Gasteiger partial charge in [-0.1, -0.05) is 36.4 Å². The van der Waals surface area contributed by atoms with Gasteiger partial charge in [-0.3, -0.25) is 4.90 Å². The molecule has 1 unspecified atom stereocenters. The van der Waals surface area contributed by atoms with Crippen LogP contribution in [0.2, 0.25) is 0 Å². The predicted molar refractivity (Wildman–Crippen MR) is 73.1 cm³/mol. The van der Waals surface area contributed by atoms with Crippen molar-refractivity contribution in [3.05, 3.63) is 48.0 Å². The Morgan fingerprint density at radius 2 is 1.72 bits per heavy atom. The van der Waals surface area contributed by atoms with Gasteiger partial charge in [0, 0.05) is 0 Å². The van der Waals surface area contributed by atoms with Crippen molar-refractivity contribution in [2.45, 2.75) is 18.9 Å². The largest absolute Gasteiger partial charge is 0.284 e. The third-order valence-corrected chi connectivity index (χ3v) is 3.72. The average Bonchev–Trinajstić information content (AvgIpc) is 2.93. The zero-order chi connectivity index (χ0) is 12.4. The third kappa shape index (κ3) is 1.98. The molecule has 2 heteroatoms. The molecule has 2 aromatic rings. The quantitative estimate of drug-likeness (QED) is 0.798. The number of fused-ring (bicyclic) bond motifs is 1. The van der Waals surface area contributed by atoms with Crippen LogP contribution >= 0.6 is 0 Å². The van der Waals surface area contributed by atoms with E-state index in [1.165, 1.54) is 23.6 Å². The van der Waals surface area contributed by atoms with E-state index in [0.717, 1.165) is 18.7 Å². The summed E-state index contributed by atoms with van der Waals surface area (Å²) in [7, 11) is 0. The van der Waals surface area contributed by atoms with Crippen molar-refractivity contribution in [2.24, 2.45) is 0 Å². The van der Waals surface area contributed by atoms with Crippen LogP contribution in [0.1, 0.15) is 24.4 Å². The number of rotatable bonds is 2. The second-order valence-electron chi connectivity index (χ2n) is 4.88. The number of nitrogens with zero attached hydrogens (tertiary/aromatic N) is 2. The maximum atomic E-state index is 9.42. The summed E-state index contributed by atoms with van der Waals surface area (Å²) >= 11 is 0. The molecule has 18 heavy (non-hydrogen) atoms. The van der Waals surface area contributed by atoms with E-state index in [4.69, 9.17) is 0 Å². The van der Waals surface area contributed by atoms with Crippen molar-refractivity contribution in [1.82, 2.24) is 4.90 Å². The first-order chi connectivity index (χ1) is 8.88. The number of benzene rings is 2. The first kappa shape index (κ1) is 11.3. The average molecular weight is 236 g/mol.